The maximum Gasteiger partial charge on any atom is 0.191 e. The summed E-state index contributed by atoms with van der Waals surface area (Å²) in [7, 11) is 0. The van der Waals surface area contributed by atoms with Crippen LogP contribution in [0.5, 0.6) is 0 Å². The van der Waals surface area contributed by atoms with Crippen LogP contribution in [0.4, 0.5) is 11.6 Å². The molecule has 0 bridgehead atoms. The number of rotatable bonds is 4. The summed E-state index contributed by atoms with van der Waals surface area (Å²) in [5, 5.41) is 12.1. The number of anilines is 2. The summed E-state index contributed by atoms with van der Waals surface area (Å²) in [6.45, 7) is 0.531. The molecule has 4 N–H and O–H groups in total. The van der Waals surface area contributed by atoms with Crippen LogP contribution in [0.15, 0.2) is 11.2 Å². The third-order valence-electron chi connectivity index (χ3n) is 1.33. The van der Waals surface area contributed by atoms with E-state index in [9.17, 15) is 0 Å². The molecule has 1 heterocycles. The molecular formula is C7H12N4OS. The minimum atomic E-state index is 0.0680. The summed E-state index contributed by atoms with van der Waals surface area (Å²) in [4.78, 5) is 8.13. The highest BCUT2D eigenvalue weighted by atomic mass is 32.2. The molecule has 0 aliphatic rings. The Bertz CT molecular complexity index is 281. The van der Waals surface area contributed by atoms with Crippen molar-refractivity contribution in [2.45, 2.75) is 5.16 Å². The summed E-state index contributed by atoms with van der Waals surface area (Å²) >= 11 is 1.43. The molecule has 6 heteroatoms. The molecule has 0 saturated carbocycles. The maximum absolute atomic E-state index is 8.58. The second-order valence-corrected chi connectivity index (χ2v) is 3.09. The molecule has 5 nitrogen and oxygen atoms in total. The first-order chi connectivity index (χ1) is 6.26. The van der Waals surface area contributed by atoms with Gasteiger partial charge in [0.05, 0.1) is 6.61 Å². The number of nitrogens with zero attached hydrogens (tertiary/aromatic N) is 2. The molecule has 0 radical (unpaired) electrons. The number of aliphatic hydroxyl groups is 1. The molecule has 0 atom stereocenters. The van der Waals surface area contributed by atoms with E-state index < -0.39 is 0 Å². The number of thioether (sulfide) groups is 1. The molecule has 0 spiro atoms. The van der Waals surface area contributed by atoms with E-state index in [0.717, 1.165) is 0 Å². The third-order valence-corrected chi connectivity index (χ3v) is 1.87. The van der Waals surface area contributed by atoms with Crippen LogP contribution >= 0.6 is 11.8 Å². The van der Waals surface area contributed by atoms with Crippen molar-refractivity contribution >= 4 is 23.4 Å². The van der Waals surface area contributed by atoms with E-state index in [4.69, 9.17) is 10.8 Å². The Kier molecular flexibility index (Phi) is 3.78. The van der Waals surface area contributed by atoms with Crippen molar-refractivity contribution in [2.75, 3.05) is 30.5 Å². The lowest BCUT2D eigenvalue weighted by molar-refractivity contribution is 0.311. The fourth-order valence-corrected chi connectivity index (χ4v) is 1.20. The van der Waals surface area contributed by atoms with Gasteiger partial charge in [0.2, 0.25) is 0 Å². The zero-order valence-corrected chi connectivity index (χ0v) is 8.14. The van der Waals surface area contributed by atoms with Gasteiger partial charge in [-0.25, -0.2) is 9.97 Å². The second-order valence-electron chi connectivity index (χ2n) is 2.32. The lowest BCUT2D eigenvalue weighted by Gasteiger charge is -2.05. The highest BCUT2D eigenvalue weighted by molar-refractivity contribution is 7.98. The van der Waals surface area contributed by atoms with Crippen LogP contribution in [0, 0.1) is 0 Å². The average Bonchev–Trinajstić information content (AvgIpc) is 2.14. The lowest BCUT2D eigenvalue weighted by Crippen LogP contribution is -2.08. The van der Waals surface area contributed by atoms with Crippen LogP contribution in [0.3, 0.4) is 0 Å². The fraction of sp³-hybridized carbons (Fsp3) is 0.429. The average molecular weight is 200 g/mol. The topological polar surface area (TPSA) is 84.1 Å². The van der Waals surface area contributed by atoms with E-state index in [2.05, 4.69) is 15.3 Å². The van der Waals surface area contributed by atoms with Crippen molar-refractivity contribution in [1.29, 1.82) is 0 Å². The van der Waals surface area contributed by atoms with E-state index in [1.807, 2.05) is 6.26 Å². The molecule has 1 aromatic heterocycles. The lowest BCUT2D eigenvalue weighted by atomic mass is 10.5. The van der Waals surface area contributed by atoms with Gasteiger partial charge in [-0.1, -0.05) is 11.8 Å². The van der Waals surface area contributed by atoms with Gasteiger partial charge in [0, 0.05) is 12.6 Å². The number of nitrogen functional groups attached to an aromatic ring is 1. The Labute approximate surface area is 80.8 Å². The molecule has 1 aromatic rings. The smallest absolute Gasteiger partial charge is 0.191 e. The van der Waals surface area contributed by atoms with Crippen LogP contribution in [-0.4, -0.2) is 34.5 Å². The number of aromatic nitrogens is 2. The van der Waals surface area contributed by atoms with Crippen molar-refractivity contribution in [2.24, 2.45) is 0 Å². The van der Waals surface area contributed by atoms with Gasteiger partial charge < -0.3 is 16.2 Å². The summed E-state index contributed by atoms with van der Waals surface area (Å²) in [6.07, 6.45) is 1.88. The predicted octanol–water partition coefficient (Wildman–Crippen LogP) is 0.185. The van der Waals surface area contributed by atoms with Gasteiger partial charge in [0.25, 0.3) is 0 Å². The second kappa shape index (κ2) is 4.88. The summed E-state index contributed by atoms with van der Waals surface area (Å²) in [5.74, 6) is 1.07. The maximum atomic E-state index is 8.58. The summed E-state index contributed by atoms with van der Waals surface area (Å²) < 4.78 is 0. The van der Waals surface area contributed by atoms with E-state index in [1.165, 1.54) is 11.8 Å². The molecule has 1 rings (SSSR count). The summed E-state index contributed by atoms with van der Waals surface area (Å²) in [6, 6.07) is 1.63. The molecule has 13 heavy (non-hydrogen) atoms. The molecule has 0 aliphatic heterocycles. The first-order valence-corrected chi connectivity index (χ1v) is 5.02. The predicted molar refractivity (Wildman–Crippen MR) is 53.8 cm³/mol. The Balaban J connectivity index is 2.76. The van der Waals surface area contributed by atoms with E-state index >= 15 is 0 Å². The molecular weight excluding hydrogens is 188 g/mol. The van der Waals surface area contributed by atoms with E-state index in [-0.39, 0.29) is 6.61 Å². The molecule has 0 aliphatic carbocycles. The molecule has 0 aromatic carbocycles. The zero-order valence-electron chi connectivity index (χ0n) is 7.32. The number of hydrogen-bond acceptors (Lipinski definition) is 6. The molecule has 0 saturated heterocycles. The highest BCUT2D eigenvalue weighted by Gasteiger charge is 1.99. The van der Waals surface area contributed by atoms with Crippen LogP contribution in [-0.2, 0) is 0 Å². The van der Waals surface area contributed by atoms with Crippen LogP contribution < -0.4 is 11.1 Å². The van der Waals surface area contributed by atoms with E-state index in [0.29, 0.717) is 23.3 Å². The first-order valence-electron chi connectivity index (χ1n) is 3.79. The molecule has 0 amide bonds. The Morgan fingerprint density at radius 2 is 2.38 bits per heavy atom. The van der Waals surface area contributed by atoms with Gasteiger partial charge in [0.1, 0.15) is 11.6 Å². The number of aliphatic hydroxyl groups excluding tert-OH is 1. The molecule has 0 fully saturated rings. The minimum absolute atomic E-state index is 0.0680. The van der Waals surface area contributed by atoms with Crippen LogP contribution in [0.25, 0.3) is 0 Å². The van der Waals surface area contributed by atoms with Crippen molar-refractivity contribution < 1.29 is 5.11 Å². The standard InChI is InChI=1S/C7H12N4OS/c1-13-7-10-5(8)4-6(11-7)9-2-3-12/h4,12H,2-3H2,1H3,(H3,8,9,10,11). The SMILES string of the molecule is CSc1nc(N)cc(NCCO)n1. The van der Waals surface area contributed by atoms with Gasteiger partial charge >= 0.3 is 0 Å². The Morgan fingerprint density at radius 3 is 3.00 bits per heavy atom. The Hall–Kier alpha value is -1.01. The quantitative estimate of drug-likeness (QED) is 0.475. The normalized spacial score (nSPS) is 10.0. The van der Waals surface area contributed by atoms with Crippen molar-refractivity contribution in [3.63, 3.8) is 0 Å². The zero-order chi connectivity index (χ0) is 9.68. The van der Waals surface area contributed by atoms with Crippen LogP contribution in [0.1, 0.15) is 0 Å². The Morgan fingerprint density at radius 1 is 1.62 bits per heavy atom. The van der Waals surface area contributed by atoms with Gasteiger partial charge in [-0.05, 0) is 6.26 Å². The third kappa shape index (κ3) is 3.08. The van der Waals surface area contributed by atoms with Gasteiger partial charge in [0.15, 0.2) is 5.16 Å². The van der Waals surface area contributed by atoms with Gasteiger partial charge in [-0.2, -0.15) is 0 Å². The number of hydrogen-bond donors (Lipinski definition) is 3. The highest BCUT2D eigenvalue weighted by Crippen LogP contribution is 2.14. The van der Waals surface area contributed by atoms with Crippen molar-refractivity contribution in [3.8, 4) is 0 Å². The van der Waals surface area contributed by atoms with Crippen molar-refractivity contribution in [3.05, 3.63) is 6.07 Å². The molecule has 0 unspecified atom stereocenters. The summed E-state index contributed by atoms with van der Waals surface area (Å²) in [5.41, 5.74) is 5.54. The monoisotopic (exact) mass is 200 g/mol. The van der Waals surface area contributed by atoms with Gasteiger partial charge in [-0.3, -0.25) is 0 Å². The van der Waals surface area contributed by atoms with Crippen LogP contribution in [0.2, 0.25) is 0 Å². The fourth-order valence-electron chi connectivity index (χ4n) is 0.809. The van der Waals surface area contributed by atoms with Gasteiger partial charge in [-0.15, -0.1) is 0 Å². The minimum Gasteiger partial charge on any atom is -0.395 e. The number of nitrogens with two attached hydrogens (primary N) is 1. The number of nitrogens with one attached hydrogen (secondary N) is 1. The first kappa shape index (κ1) is 10.1. The van der Waals surface area contributed by atoms with Crippen molar-refractivity contribution in [1.82, 2.24) is 9.97 Å². The largest absolute Gasteiger partial charge is 0.395 e. The molecule has 72 valence electrons. The van der Waals surface area contributed by atoms with E-state index in [1.54, 1.807) is 6.07 Å².